The number of sulfonamides is 2. The van der Waals surface area contributed by atoms with Crippen molar-refractivity contribution in [2.75, 3.05) is 22.7 Å². The molecule has 282 valence electrons. The molecule has 12 nitrogen and oxygen atoms in total. The van der Waals surface area contributed by atoms with Crippen molar-refractivity contribution in [3.63, 3.8) is 0 Å². The molecule has 0 radical (unpaired) electrons. The first kappa shape index (κ1) is 40.8. The standard InChI is InChI=1S/C20H18ClN3O4S.C18H13Cl2N3O2S/c21-17-8-6-16(7-9-17)18-19(22-14-23-20(18)28-12-11-25)24-29(26,27)13-10-15-4-2-1-3-5-15;19-15-8-6-14(7-9-15)16-17(20)21-12-22-18(16)23-26(24,25)11-10-13-4-2-1-3-5-13/h1-10,13-14,25H,11-12H2,(H,22,23,24);1-12H,(H,21,22,23)/b13-10+;11-10+. The molecule has 55 heavy (non-hydrogen) atoms. The summed E-state index contributed by atoms with van der Waals surface area (Å²) in [7, 11) is -7.65. The molecule has 0 unspecified atom stereocenters. The number of halogens is 3. The number of anilines is 2. The number of benzene rings is 4. The van der Waals surface area contributed by atoms with Gasteiger partial charge in [0.2, 0.25) is 5.88 Å². The first-order valence-corrected chi connectivity index (χ1v) is 20.3. The molecular weight excluding hydrogens is 807 g/mol. The summed E-state index contributed by atoms with van der Waals surface area (Å²) in [6, 6.07) is 31.6. The zero-order valence-electron chi connectivity index (χ0n) is 28.5. The van der Waals surface area contributed by atoms with Crippen LogP contribution in [0, 0.1) is 0 Å². The third-order valence-electron chi connectivity index (χ3n) is 7.17. The summed E-state index contributed by atoms with van der Waals surface area (Å²) in [5.74, 6) is 0.277. The first-order chi connectivity index (χ1) is 26.4. The van der Waals surface area contributed by atoms with Crippen LogP contribution in [0.4, 0.5) is 11.6 Å². The van der Waals surface area contributed by atoms with Crippen molar-refractivity contribution >= 4 is 78.6 Å². The Labute approximate surface area is 333 Å². The summed E-state index contributed by atoms with van der Waals surface area (Å²) in [4.78, 5) is 16.1. The van der Waals surface area contributed by atoms with Gasteiger partial charge in [0, 0.05) is 10.0 Å². The smallest absolute Gasteiger partial charge is 0.256 e. The van der Waals surface area contributed by atoms with Crippen molar-refractivity contribution in [3.8, 4) is 28.1 Å². The molecule has 0 spiro atoms. The first-order valence-electron chi connectivity index (χ1n) is 16.1. The van der Waals surface area contributed by atoms with Crippen LogP contribution >= 0.6 is 34.8 Å². The molecule has 0 amide bonds. The Bertz CT molecular complexity index is 2480. The van der Waals surface area contributed by atoms with Crippen LogP contribution in [0.1, 0.15) is 11.1 Å². The number of aromatic nitrogens is 4. The Morgan fingerprint density at radius 1 is 0.582 bits per heavy atom. The predicted octanol–water partition coefficient (Wildman–Crippen LogP) is 8.44. The molecule has 0 fully saturated rings. The van der Waals surface area contributed by atoms with Gasteiger partial charge in [-0.05, 0) is 58.7 Å². The molecule has 6 aromatic rings. The van der Waals surface area contributed by atoms with Gasteiger partial charge in [0.1, 0.15) is 24.4 Å². The molecule has 2 aromatic heterocycles. The molecule has 0 saturated heterocycles. The lowest BCUT2D eigenvalue weighted by atomic mass is 10.1. The van der Waals surface area contributed by atoms with E-state index >= 15 is 0 Å². The van der Waals surface area contributed by atoms with Gasteiger partial charge in [-0.25, -0.2) is 36.8 Å². The summed E-state index contributed by atoms with van der Waals surface area (Å²) in [5, 5.41) is 12.4. The van der Waals surface area contributed by atoms with E-state index in [9.17, 15) is 16.8 Å². The zero-order chi connectivity index (χ0) is 39.3. The SMILES string of the molecule is O=S(=O)(/C=C/c1ccccc1)Nc1ncnc(Cl)c1-c1ccc(Cl)cc1.O=S(=O)(/C=C/c1ccccc1)Nc1ncnc(OCCO)c1-c1ccc(Cl)cc1. The largest absolute Gasteiger partial charge is 0.475 e. The van der Waals surface area contributed by atoms with Crippen molar-refractivity contribution in [1.82, 2.24) is 19.9 Å². The maximum atomic E-state index is 12.6. The van der Waals surface area contributed by atoms with Crippen LogP contribution in [0.5, 0.6) is 5.88 Å². The topological polar surface area (TPSA) is 173 Å². The van der Waals surface area contributed by atoms with Gasteiger partial charge in [0.05, 0.1) is 28.5 Å². The quantitative estimate of drug-likeness (QED) is 0.0959. The van der Waals surface area contributed by atoms with E-state index < -0.39 is 20.0 Å². The molecule has 6 rings (SSSR count). The Morgan fingerprint density at radius 2 is 1.02 bits per heavy atom. The summed E-state index contributed by atoms with van der Waals surface area (Å²) in [6.07, 6.45) is 5.35. The molecule has 0 aliphatic heterocycles. The number of aliphatic hydroxyl groups excluding tert-OH is 1. The Kier molecular flexibility index (Phi) is 14.3. The van der Waals surface area contributed by atoms with Crippen LogP contribution in [0.15, 0.2) is 133 Å². The van der Waals surface area contributed by atoms with Crippen molar-refractivity contribution in [2.24, 2.45) is 0 Å². The summed E-state index contributed by atoms with van der Waals surface area (Å²) in [5.41, 5.74) is 3.47. The van der Waals surface area contributed by atoms with E-state index in [4.69, 9.17) is 44.6 Å². The number of nitrogens with one attached hydrogen (secondary N) is 2. The Hall–Kier alpha value is -5.35. The second kappa shape index (κ2) is 19.3. The van der Waals surface area contributed by atoms with Crippen LogP contribution in [-0.2, 0) is 20.0 Å². The number of hydrogen-bond acceptors (Lipinski definition) is 10. The van der Waals surface area contributed by atoms with Crippen molar-refractivity contribution in [3.05, 3.63) is 159 Å². The van der Waals surface area contributed by atoms with Crippen LogP contribution in [0.2, 0.25) is 15.2 Å². The minimum absolute atomic E-state index is 0.00228. The monoisotopic (exact) mass is 836 g/mol. The highest BCUT2D eigenvalue weighted by molar-refractivity contribution is 7.96. The van der Waals surface area contributed by atoms with Gasteiger partial charge in [-0.15, -0.1) is 0 Å². The lowest BCUT2D eigenvalue weighted by Crippen LogP contribution is -2.13. The second-order valence-electron chi connectivity index (χ2n) is 11.1. The normalized spacial score (nSPS) is 11.6. The molecule has 0 atom stereocenters. The maximum absolute atomic E-state index is 12.6. The number of aliphatic hydroxyl groups is 1. The fraction of sp³-hybridized carbons (Fsp3) is 0.0526. The van der Waals surface area contributed by atoms with Gasteiger partial charge >= 0.3 is 0 Å². The van der Waals surface area contributed by atoms with E-state index in [1.54, 1.807) is 72.8 Å². The molecule has 0 saturated carbocycles. The molecule has 2 heterocycles. The second-order valence-corrected chi connectivity index (χ2v) is 15.5. The predicted molar refractivity (Wildman–Crippen MR) is 219 cm³/mol. The zero-order valence-corrected chi connectivity index (χ0v) is 32.4. The average molecular weight is 838 g/mol. The number of rotatable bonds is 13. The number of ether oxygens (including phenoxy) is 1. The van der Waals surface area contributed by atoms with Gasteiger partial charge < -0.3 is 9.84 Å². The molecule has 17 heteroatoms. The lowest BCUT2D eigenvalue weighted by Gasteiger charge is -2.14. The fourth-order valence-corrected chi connectivity index (χ4v) is 6.84. The minimum Gasteiger partial charge on any atom is -0.475 e. The molecular formula is C38H31Cl3N6O6S2. The number of hydrogen-bond donors (Lipinski definition) is 3. The molecule has 4 aromatic carbocycles. The third kappa shape index (κ3) is 12.3. The van der Waals surface area contributed by atoms with E-state index in [0.29, 0.717) is 32.3 Å². The molecule has 3 N–H and O–H groups in total. The highest BCUT2D eigenvalue weighted by Gasteiger charge is 2.19. The van der Waals surface area contributed by atoms with Gasteiger partial charge in [-0.1, -0.05) is 120 Å². The van der Waals surface area contributed by atoms with Crippen LogP contribution in [0.25, 0.3) is 34.4 Å². The van der Waals surface area contributed by atoms with Crippen molar-refractivity contribution in [1.29, 1.82) is 0 Å². The van der Waals surface area contributed by atoms with Crippen molar-refractivity contribution in [2.45, 2.75) is 0 Å². The average Bonchev–Trinajstić information content (AvgIpc) is 3.17. The highest BCUT2D eigenvalue weighted by atomic mass is 35.5. The highest BCUT2D eigenvalue weighted by Crippen LogP contribution is 2.35. The maximum Gasteiger partial charge on any atom is 0.256 e. The summed E-state index contributed by atoms with van der Waals surface area (Å²) >= 11 is 18.0. The van der Waals surface area contributed by atoms with Gasteiger partial charge in [0.15, 0.2) is 11.6 Å². The summed E-state index contributed by atoms with van der Waals surface area (Å²) in [6.45, 7) is -0.220. The van der Waals surface area contributed by atoms with Crippen molar-refractivity contribution < 1.29 is 26.7 Å². The Balaban J connectivity index is 0.000000212. The molecule has 0 aliphatic rings. The van der Waals surface area contributed by atoms with Gasteiger partial charge in [-0.2, -0.15) is 0 Å². The van der Waals surface area contributed by atoms with Crippen LogP contribution in [-0.4, -0.2) is 55.1 Å². The van der Waals surface area contributed by atoms with Crippen LogP contribution in [0.3, 0.4) is 0 Å². The van der Waals surface area contributed by atoms with Gasteiger partial charge in [0.25, 0.3) is 20.0 Å². The van der Waals surface area contributed by atoms with Crippen LogP contribution < -0.4 is 14.2 Å². The Morgan fingerprint density at radius 3 is 1.49 bits per heavy atom. The van der Waals surface area contributed by atoms with E-state index in [1.807, 2.05) is 36.4 Å². The van der Waals surface area contributed by atoms with Gasteiger partial charge in [-0.3, -0.25) is 9.44 Å². The lowest BCUT2D eigenvalue weighted by molar-refractivity contribution is 0.197. The third-order valence-corrected chi connectivity index (χ3v) is 9.90. The summed E-state index contributed by atoms with van der Waals surface area (Å²) < 4.78 is 60.3. The van der Waals surface area contributed by atoms with E-state index in [1.165, 1.54) is 24.8 Å². The van der Waals surface area contributed by atoms with E-state index in [-0.39, 0.29) is 35.9 Å². The molecule has 0 bridgehead atoms. The minimum atomic E-state index is -3.86. The molecule has 0 aliphatic carbocycles. The van der Waals surface area contributed by atoms with E-state index in [0.717, 1.165) is 21.9 Å². The van der Waals surface area contributed by atoms with E-state index in [2.05, 4.69) is 29.4 Å². The number of nitrogens with zero attached hydrogens (tertiary/aromatic N) is 4. The fourth-order valence-electron chi connectivity index (χ4n) is 4.69.